The Labute approximate surface area is 119 Å². The minimum absolute atomic E-state index is 0.227. The van der Waals surface area contributed by atoms with E-state index in [0.717, 1.165) is 19.6 Å². The first-order chi connectivity index (χ1) is 9.60. The topological polar surface area (TPSA) is 67.3 Å². The van der Waals surface area contributed by atoms with Crippen molar-refractivity contribution in [1.82, 2.24) is 14.9 Å². The largest absolute Gasteiger partial charge is 0.464 e. The maximum atomic E-state index is 11.2. The van der Waals surface area contributed by atoms with E-state index < -0.39 is 5.97 Å². The van der Waals surface area contributed by atoms with Gasteiger partial charge >= 0.3 is 5.97 Å². The van der Waals surface area contributed by atoms with E-state index in [4.69, 9.17) is 0 Å². The summed E-state index contributed by atoms with van der Waals surface area (Å²) in [6, 6.07) is 0.610. The van der Waals surface area contributed by atoms with Crippen LogP contribution in [0.15, 0.2) is 12.4 Å². The van der Waals surface area contributed by atoms with E-state index in [9.17, 15) is 4.79 Å². The Morgan fingerprint density at radius 2 is 2.30 bits per heavy atom. The minimum atomic E-state index is -0.465. The van der Waals surface area contributed by atoms with Gasteiger partial charge in [0.1, 0.15) is 5.82 Å². The van der Waals surface area contributed by atoms with Gasteiger partial charge in [0.25, 0.3) is 0 Å². The summed E-state index contributed by atoms with van der Waals surface area (Å²) in [5.74, 6) is 0.868. The lowest BCUT2D eigenvalue weighted by molar-refractivity contribution is 0.0593. The molecule has 1 atom stereocenters. The van der Waals surface area contributed by atoms with Crippen molar-refractivity contribution in [3.05, 3.63) is 18.1 Å². The van der Waals surface area contributed by atoms with E-state index in [1.165, 1.54) is 19.7 Å². The molecular formula is C14H22N4O2. The Hall–Kier alpha value is -1.69. The van der Waals surface area contributed by atoms with Crippen LogP contribution in [-0.2, 0) is 4.74 Å². The molecule has 1 aromatic heterocycles. The van der Waals surface area contributed by atoms with Crippen LogP contribution in [0.25, 0.3) is 0 Å². The number of nitrogens with zero attached hydrogens (tertiary/aromatic N) is 3. The van der Waals surface area contributed by atoms with Gasteiger partial charge in [-0.1, -0.05) is 0 Å². The third-order valence-electron chi connectivity index (χ3n) is 3.67. The van der Waals surface area contributed by atoms with Crippen LogP contribution < -0.4 is 5.32 Å². The summed E-state index contributed by atoms with van der Waals surface area (Å²) < 4.78 is 4.58. The summed E-state index contributed by atoms with van der Waals surface area (Å²) in [5.41, 5.74) is 0.227. The van der Waals surface area contributed by atoms with Crippen molar-refractivity contribution >= 4 is 11.8 Å². The highest BCUT2D eigenvalue weighted by Crippen LogP contribution is 2.18. The number of nitrogens with one attached hydrogen (secondary N) is 1. The van der Waals surface area contributed by atoms with E-state index in [2.05, 4.69) is 38.8 Å². The molecule has 1 aliphatic rings. The highest BCUT2D eigenvalue weighted by atomic mass is 16.5. The van der Waals surface area contributed by atoms with Crippen molar-refractivity contribution in [3.8, 4) is 0 Å². The molecule has 1 fully saturated rings. The Kier molecular flexibility index (Phi) is 4.89. The van der Waals surface area contributed by atoms with Gasteiger partial charge < -0.3 is 15.0 Å². The first-order valence-electron chi connectivity index (χ1n) is 6.98. The quantitative estimate of drug-likeness (QED) is 0.821. The summed E-state index contributed by atoms with van der Waals surface area (Å²) in [6.45, 7) is 7.63. The van der Waals surface area contributed by atoms with Crippen LogP contribution in [0.4, 0.5) is 5.82 Å². The first-order valence-corrected chi connectivity index (χ1v) is 6.98. The number of hydrogen-bond acceptors (Lipinski definition) is 6. The number of hydrogen-bond donors (Lipinski definition) is 1. The Balaban J connectivity index is 1.81. The van der Waals surface area contributed by atoms with Crippen molar-refractivity contribution in [1.29, 1.82) is 0 Å². The van der Waals surface area contributed by atoms with Crippen molar-refractivity contribution in [2.24, 2.45) is 5.92 Å². The molecule has 0 aromatic carbocycles. The molecule has 0 spiro atoms. The van der Waals surface area contributed by atoms with Gasteiger partial charge in [0, 0.05) is 19.1 Å². The summed E-state index contributed by atoms with van der Waals surface area (Å²) in [7, 11) is 1.33. The van der Waals surface area contributed by atoms with Crippen molar-refractivity contribution in [3.63, 3.8) is 0 Å². The Bertz CT molecular complexity index is 447. The molecule has 1 unspecified atom stereocenters. The van der Waals surface area contributed by atoms with Crippen LogP contribution >= 0.6 is 0 Å². The third-order valence-corrected chi connectivity index (χ3v) is 3.67. The zero-order valence-corrected chi connectivity index (χ0v) is 12.3. The molecule has 0 aliphatic carbocycles. The monoisotopic (exact) mass is 278 g/mol. The number of ether oxygens (including phenoxy) is 1. The standard InChI is InChI=1S/C14H22N4O2/c1-10(2)18-5-4-11(9-18)6-16-13-8-15-12(7-17-13)14(19)20-3/h7-8,10-11H,4-6,9H2,1-3H3,(H,16,17). The second-order valence-corrected chi connectivity index (χ2v) is 5.40. The van der Waals surface area contributed by atoms with Gasteiger partial charge in [-0.05, 0) is 32.7 Å². The average Bonchev–Trinajstić information content (AvgIpc) is 2.94. The van der Waals surface area contributed by atoms with E-state index in [1.807, 2.05) is 0 Å². The molecule has 0 bridgehead atoms. The van der Waals surface area contributed by atoms with Crippen LogP contribution in [0.3, 0.4) is 0 Å². The second kappa shape index (κ2) is 6.65. The number of carbonyl (C=O) groups excluding carboxylic acids is 1. The molecule has 0 saturated carbocycles. The van der Waals surface area contributed by atoms with E-state index >= 15 is 0 Å². The van der Waals surface area contributed by atoms with Crippen LogP contribution in [0, 0.1) is 5.92 Å². The number of carbonyl (C=O) groups is 1. The Morgan fingerprint density at radius 3 is 2.85 bits per heavy atom. The van der Waals surface area contributed by atoms with Gasteiger partial charge in [-0.25, -0.2) is 14.8 Å². The van der Waals surface area contributed by atoms with E-state index in [0.29, 0.717) is 17.8 Å². The van der Waals surface area contributed by atoms with Crippen LogP contribution in [0.5, 0.6) is 0 Å². The van der Waals surface area contributed by atoms with Gasteiger partial charge in [0.15, 0.2) is 5.69 Å². The minimum Gasteiger partial charge on any atom is -0.464 e. The number of aromatic nitrogens is 2. The lowest BCUT2D eigenvalue weighted by Crippen LogP contribution is -2.29. The fourth-order valence-corrected chi connectivity index (χ4v) is 2.38. The number of rotatable bonds is 5. The highest BCUT2D eigenvalue weighted by molar-refractivity contribution is 5.86. The molecule has 2 heterocycles. The molecule has 6 heteroatoms. The Morgan fingerprint density at radius 1 is 1.50 bits per heavy atom. The van der Waals surface area contributed by atoms with Crippen LogP contribution in [0.1, 0.15) is 30.8 Å². The summed E-state index contributed by atoms with van der Waals surface area (Å²) in [4.78, 5) is 21.9. The highest BCUT2D eigenvalue weighted by Gasteiger charge is 2.23. The maximum Gasteiger partial charge on any atom is 0.358 e. The molecule has 0 radical (unpaired) electrons. The van der Waals surface area contributed by atoms with Gasteiger partial charge in [0.2, 0.25) is 0 Å². The number of esters is 1. The van der Waals surface area contributed by atoms with Crippen molar-refractivity contribution in [2.45, 2.75) is 26.3 Å². The molecule has 6 nitrogen and oxygen atoms in total. The van der Waals surface area contributed by atoms with Crippen LogP contribution in [-0.4, -0.2) is 53.6 Å². The molecular weight excluding hydrogens is 256 g/mol. The molecule has 20 heavy (non-hydrogen) atoms. The fraction of sp³-hybridized carbons (Fsp3) is 0.643. The normalized spacial score (nSPS) is 19.3. The fourth-order valence-electron chi connectivity index (χ4n) is 2.38. The van der Waals surface area contributed by atoms with Crippen molar-refractivity contribution < 1.29 is 9.53 Å². The van der Waals surface area contributed by atoms with Gasteiger partial charge in [-0.15, -0.1) is 0 Å². The molecule has 2 rings (SSSR count). The summed E-state index contributed by atoms with van der Waals surface area (Å²) in [5, 5.41) is 3.28. The predicted molar refractivity (Wildman–Crippen MR) is 76.7 cm³/mol. The first kappa shape index (κ1) is 14.7. The molecule has 1 aliphatic heterocycles. The summed E-state index contributed by atoms with van der Waals surface area (Å²) in [6.07, 6.45) is 4.21. The van der Waals surface area contributed by atoms with E-state index in [-0.39, 0.29) is 5.69 Å². The van der Waals surface area contributed by atoms with Crippen molar-refractivity contribution in [2.75, 3.05) is 32.1 Å². The lowest BCUT2D eigenvalue weighted by Gasteiger charge is -2.20. The molecule has 1 N–H and O–H groups in total. The van der Waals surface area contributed by atoms with E-state index in [1.54, 1.807) is 6.20 Å². The summed E-state index contributed by atoms with van der Waals surface area (Å²) >= 11 is 0. The van der Waals surface area contributed by atoms with Gasteiger partial charge in [-0.3, -0.25) is 0 Å². The smallest absolute Gasteiger partial charge is 0.358 e. The predicted octanol–water partition coefficient (Wildman–Crippen LogP) is 1.41. The molecule has 0 amide bonds. The SMILES string of the molecule is COC(=O)c1cnc(NCC2CCN(C(C)C)C2)cn1. The average molecular weight is 278 g/mol. The number of likely N-dealkylation sites (tertiary alicyclic amines) is 1. The second-order valence-electron chi connectivity index (χ2n) is 5.40. The third kappa shape index (κ3) is 3.66. The molecule has 110 valence electrons. The lowest BCUT2D eigenvalue weighted by atomic mass is 10.1. The molecule has 1 saturated heterocycles. The maximum absolute atomic E-state index is 11.2. The van der Waals surface area contributed by atoms with Gasteiger partial charge in [0.05, 0.1) is 19.5 Å². The van der Waals surface area contributed by atoms with Gasteiger partial charge in [-0.2, -0.15) is 0 Å². The molecule has 1 aromatic rings. The zero-order valence-electron chi connectivity index (χ0n) is 12.3. The number of methoxy groups -OCH3 is 1. The zero-order chi connectivity index (χ0) is 14.5. The van der Waals surface area contributed by atoms with Crippen LogP contribution in [0.2, 0.25) is 0 Å². The number of anilines is 1.